The van der Waals surface area contributed by atoms with Crippen LogP contribution in [0, 0.1) is 0 Å². The molecule has 0 spiro atoms. The maximum Gasteiger partial charge on any atom is 0.338 e. The molecule has 2 aromatic rings. The lowest BCUT2D eigenvalue weighted by atomic mass is 10.0. The quantitative estimate of drug-likeness (QED) is 0.371. The van der Waals surface area contributed by atoms with Gasteiger partial charge in [0, 0.05) is 52.9 Å². The summed E-state index contributed by atoms with van der Waals surface area (Å²) in [6.07, 6.45) is 2.34. The number of aromatic nitrogens is 1. The second-order valence-corrected chi connectivity index (χ2v) is 11.6. The number of carbonyl (C=O) groups excluding carboxylic acids is 2. The number of likely N-dealkylation sites (tertiary alicyclic amines) is 2. The third-order valence-electron chi connectivity index (χ3n) is 8.05. The van der Waals surface area contributed by atoms with Gasteiger partial charge >= 0.3 is 5.97 Å². The number of nitrogen functional groups attached to an aromatic ring is 1. The largest absolute Gasteiger partial charge is 0.480 e. The Morgan fingerprint density at radius 1 is 1.14 bits per heavy atom. The number of amides is 1. The van der Waals surface area contributed by atoms with E-state index in [1.165, 1.54) is 13.2 Å². The molecule has 4 rings (SSSR count). The maximum absolute atomic E-state index is 13.0. The summed E-state index contributed by atoms with van der Waals surface area (Å²) in [6.45, 7) is 5.93. The second-order valence-electron chi connectivity index (χ2n) is 11.2. The Morgan fingerprint density at radius 3 is 2.52 bits per heavy atom. The van der Waals surface area contributed by atoms with Crippen LogP contribution in [0.25, 0.3) is 0 Å². The lowest BCUT2D eigenvalue weighted by molar-refractivity contribution is 0.00439. The summed E-state index contributed by atoms with van der Waals surface area (Å²) in [5, 5.41) is 3.26. The molecule has 12 heteroatoms. The molecule has 0 saturated carbocycles. The highest BCUT2D eigenvalue weighted by Gasteiger charge is 2.31. The van der Waals surface area contributed by atoms with Crippen molar-refractivity contribution in [3.63, 3.8) is 0 Å². The number of rotatable bonds is 11. The zero-order valence-corrected chi connectivity index (χ0v) is 25.7. The number of nitrogens with two attached hydrogens (primary N) is 1. The predicted molar refractivity (Wildman–Crippen MR) is 162 cm³/mol. The van der Waals surface area contributed by atoms with Gasteiger partial charge in [-0.25, -0.2) is 4.79 Å². The molecule has 1 aromatic heterocycles. The Labute approximate surface area is 253 Å². The number of anilines is 1. The Hall–Kier alpha value is -2.96. The number of carbonyl (C=O) groups is 2. The van der Waals surface area contributed by atoms with Crippen LogP contribution < -0.4 is 15.8 Å². The van der Waals surface area contributed by atoms with Gasteiger partial charge in [0.1, 0.15) is 17.5 Å². The fraction of sp³-hybridized carbons (Fsp3) is 0.567. The van der Waals surface area contributed by atoms with E-state index in [0.29, 0.717) is 12.1 Å². The van der Waals surface area contributed by atoms with Crippen molar-refractivity contribution in [3.05, 3.63) is 52.0 Å². The van der Waals surface area contributed by atoms with Gasteiger partial charge < -0.3 is 35.1 Å². The average molecular weight is 603 g/mol. The fourth-order valence-corrected chi connectivity index (χ4v) is 5.56. The second kappa shape index (κ2) is 15.0. The molecule has 1 amide bonds. The smallest absolute Gasteiger partial charge is 0.338 e. The fourth-order valence-electron chi connectivity index (χ4n) is 5.41. The summed E-state index contributed by atoms with van der Waals surface area (Å²) >= 11 is 6.09. The summed E-state index contributed by atoms with van der Waals surface area (Å²) in [5.74, 6) is -0.336. The number of pyridine rings is 1. The third kappa shape index (κ3) is 8.54. The highest BCUT2D eigenvalue weighted by atomic mass is 35.5. The van der Waals surface area contributed by atoms with Gasteiger partial charge in [-0.1, -0.05) is 23.7 Å². The van der Waals surface area contributed by atoms with Crippen molar-refractivity contribution in [1.29, 1.82) is 0 Å². The lowest BCUT2D eigenvalue weighted by Gasteiger charge is -2.38. The standard InChI is InChI=1S/C30H43ClN6O5/c1-35-12-9-22(10-13-35)42-30(39)21-7-5-20(6-8-21)18-36(2)15-16-37-14-11-25(26(19-37)40-3)33-28(38)23-17-24(31)27(32)34-29(23)41-4/h5-8,17,22,25-26H,9-16,18-19H2,1-4H3,(H2,32,34)(H,33,38)/t25-,26+/m1/s1. The first-order valence-corrected chi connectivity index (χ1v) is 14.8. The summed E-state index contributed by atoms with van der Waals surface area (Å²) in [4.78, 5) is 36.5. The van der Waals surface area contributed by atoms with Crippen LogP contribution in [-0.2, 0) is 16.0 Å². The van der Waals surface area contributed by atoms with Crippen molar-refractivity contribution in [2.45, 2.75) is 44.1 Å². The van der Waals surface area contributed by atoms with Crippen LogP contribution in [0.15, 0.2) is 30.3 Å². The highest BCUT2D eigenvalue weighted by molar-refractivity contribution is 6.33. The van der Waals surface area contributed by atoms with Gasteiger partial charge in [-0.05, 0) is 57.1 Å². The van der Waals surface area contributed by atoms with E-state index < -0.39 is 0 Å². The van der Waals surface area contributed by atoms with Crippen LogP contribution >= 0.6 is 11.6 Å². The van der Waals surface area contributed by atoms with Crippen LogP contribution in [0.4, 0.5) is 5.82 Å². The number of hydrogen-bond acceptors (Lipinski definition) is 10. The van der Waals surface area contributed by atoms with Crippen molar-refractivity contribution >= 4 is 29.3 Å². The zero-order valence-electron chi connectivity index (χ0n) is 25.0. The molecule has 42 heavy (non-hydrogen) atoms. The van der Waals surface area contributed by atoms with E-state index in [-0.39, 0.29) is 52.4 Å². The van der Waals surface area contributed by atoms with Crippen molar-refractivity contribution in [2.75, 3.05) is 73.3 Å². The van der Waals surface area contributed by atoms with E-state index in [2.05, 4.69) is 39.1 Å². The van der Waals surface area contributed by atoms with E-state index in [9.17, 15) is 9.59 Å². The molecule has 1 aromatic carbocycles. The molecule has 0 unspecified atom stereocenters. The number of nitrogens with zero attached hydrogens (tertiary/aromatic N) is 4. The lowest BCUT2D eigenvalue weighted by Crippen LogP contribution is -2.55. The first-order chi connectivity index (χ1) is 20.2. The van der Waals surface area contributed by atoms with E-state index in [1.807, 2.05) is 24.3 Å². The molecular weight excluding hydrogens is 560 g/mol. The first-order valence-electron chi connectivity index (χ1n) is 14.4. The zero-order chi connectivity index (χ0) is 30.2. The van der Waals surface area contributed by atoms with Crippen LogP contribution in [0.2, 0.25) is 5.02 Å². The molecular formula is C30H43ClN6O5. The molecule has 0 aliphatic carbocycles. The molecule has 3 N–H and O–H groups in total. The van der Waals surface area contributed by atoms with Crippen LogP contribution in [0.1, 0.15) is 45.5 Å². The van der Waals surface area contributed by atoms with E-state index in [0.717, 1.165) is 64.1 Å². The molecule has 3 heterocycles. The highest BCUT2D eigenvalue weighted by Crippen LogP contribution is 2.25. The number of esters is 1. The molecule has 2 fully saturated rings. The molecule has 2 atom stereocenters. The minimum Gasteiger partial charge on any atom is -0.480 e. The number of methoxy groups -OCH3 is 2. The van der Waals surface area contributed by atoms with Crippen LogP contribution in [0.5, 0.6) is 5.88 Å². The minimum atomic E-state index is -0.331. The van der Waals surface area contributed by atoms with Crippen LogP contribution in [-0.4, -0.2) is 117 Å². The summed E-state index contributed by atoms with van der Waals surface area (Å²) in [5.41, 5.74) is 7.71. The first kappa shape index (κ1) is 32.0. The molecule has 2 saturated heterocycles. The predicted octanol–water partition coefficient (Wildman–Crippen LogP) is 2.53. The third-order valence-corrected chi connectivity index (χ3v) is 8.35. The molecule has 2 aliphatic heterocycles. The van der Waals surface area contributed by atoms with E-state index in [1.54, 1.807) is 7.11 Å². The van der Waals surface area contributed by atoms with Gasteiger partial charge in [0.05, 0.1) is 29.8 Å². The van der Waals surface area contributed by atoms with E-state index >= 15 is 0 Å². The van der Waals surface area contributed by atoms with Gasteiger partial charge in [0.2, 0.25) is 5.88 Å². The summed E-state index contributed by atoms with van der Waals surface area (Å²) in [6, 6.07) is 9.01. The number of nitrogens with one attached hydrogen (secondary N) is 1. The Kier molecular flexibility index (Phi) is 11.4. The number of ether oxygens (including phenoxy) is 3. The Bertz CT molecular complexity index is 1210. The monoisotopic (exact) mass is 602 g/mol. The molecule has 230 valence electrons. The minimum absolute atomic E-state index is 0.00203. The Balaban J connectivity index is 1.21. The van der Waals surface area contributed by atoms with Gasteiger partial charge in [0.25, 0.3) is 5.91 Å². The van der Waals surface area contributed by atoms with E-state index in [4.69, 9.17) is 31.5 Å². The number of halogens is 1. The number of benzene rings is 1. The summed E-state index contributed by atoms with van der Waals surface area (Å²) in [7, 11) is 7.27. The normalized spacial score (nSPS) is 20.4. The number of hydrogen-bond donors (Lipinski definition) is 2. The van der Waals surface area contributed by atoms with Gasteiger partial charge in [-0.15, -0.1) is 0 Å². The molecule has 0 radical (unpaired) electrons. The maximum atomic E-state index is 13.0. The van der Waals surface area contributed by atoms with Crippen molar-refractivity contribution in [2.24, 2.45) is 0 Å². The SMILES string of the molecule is COc1nc(N)c(Cl)cc1C(=O)N[C@@H]1CCN(CCN(C)Cc2ccc(C(=O)OC3CCN(C)CC3)cc2)C[C@@H]1OC. The molecule has 11 nitrogen and oxygen atoms in total. The molecule has 0 bridgehead atoms. The summed E-state index contributed by atoms with van der Waals surface area (Å²) < 4.78 is 16.7. The number of piperidine rings is 2. The van der Waals surface area contributed by atoms with Gasteiger partial charge in [-0.3, -0.25) is 9.69 Å². The van der Waals surface area contributed by atoms with Crippen molar-refractivity contribution in [1.82, 2.24) is 25.0 Å². The van der Waals surface area contributed by atoms with Gasteiger partial charge in [0.15, 0.2) is 0 Å². The van der Waals surface area contributed by atoms with Gasteiger partial charge in [-0.2, -0.15) is 4.98 Å². The van der Waals surface area contributed by atoms with Crippen molar-refractivity contribution in [3.8, 4) is 5.88 Å². The number of likely N-dealkylation sites (N-methyl/N-ethyl adjacent to an activating group) is 1. The molecule has 2 aliphatic rings. The topological polar surface area (TPSA) is 122 Å². The average Bonchev–Trinajstić information content (AvgIpc) is 2.99. The van der Waals surface area contributed by atoms with Crippen molar-refractivity contribution < 1.29 is 23.8 Å². The van der Waals surface area contributed by atoms with Crippen LogP contribution in [0.3, 0.4) is 0 Å². The Morgan fingerprint density at radius 2 is 1.86 bits per heavy atom.